The van der Waals surface area contributed by atoms with Crippen LogP contribution in [0.1, 0.15) is 26.4 Å². The highest BCUT2D eigenvalue weighted by molar-refractivity contribution is 5.97. The molecule has 0 aliphatic rings. The number of nitrogen functional groups attached to an aromatic ring is 1. The Balaban J connectivity index is 1.85. The standard InChI is InChI=1S/C20H16F4N6O2/c1-8-12(21)14(23)16(15(24)13(8)22)29-30-19(31)10-5-3-4-9(6-10)11-7-27-18(25)17(28-11)20(32)26-2/h3-7,29H,1-2H3,(H2,25,27)(H,26,32)(H,30,31). The molecule has 0 atom stereocenters. The Morgan fingerprint density at radius 2 is 1.66 bits per heavy atom. The molecule has 1 heterocycles. The highest BCUT2D eigenvalue weighted by atomic mass is 19.2. The van der Waals surface area contributed by atoms with Gasteiger partial charge in [0, 0.05) is 23.7 Å². The van der Waals surface area contributed by atoms with Gasteiger partial charge in [-0.3, -0.25) is 20.4 Å². The lowest BCUT2D eigenvalue weighted by molar-refractivity contribution is 0.0952. The fourth-order valence-electron chi connectivity index (χ4n) is 2.69. The molecule has 0 aliphatic carbocycles. The van der Waals surface area contributed by atoms with Gasteiger partial charge in [0.2, 0.25) is 0 Å². The quantitative estimate of drug-likeness (QED) is 0.271. The largest absolute Gasteiger partial charge is 0.382 e. The van der Waals surface area contributed by atoms with E-state index in [1.165, 1.54) is 31.4 Å². The maximum absolute atomic E-state index is 14.0. The van der Waals surface area contributed by atoms with Crippen LogP contribution < -0.4 is 21.9 Å². The van der Waals surface area contributed by atoms with Gasteiger partial charge in [-0.1, -0.05) is 12.1 Å². The summed E-state index contributed by atoms with van der Waals surface area (Å²) in [6.07, 6.45) is 1.29. The predicted molar refractivity (Wildman–Crippen MR) is 107 cm³/mol. The minimum absolute atomic E-state index is 0.00369. The smallest absolute Gasteiger partial charge is 0.273 e. The Hall–Kier alpha value is -4.22. The van der Waals surface area contributed by atoms with E-state index in [4.69, 9.17) is 5.73 Å². The summed E-state index contributed by atoms with van der Waals surface area (Å²) in [4.78, 5) is 32.3. The second kappa shape index (κ2) is 8.88. The Morgan fingerprint density at radius 1 is 1.00 bits per heavy atom. The summed E-state index contributed by atoms with van der Waals surface area (Å²) < 4.78 is 55.3. The molecule has 2 amide bonds. The van der Waals surface area contributed by atoms with Gasteiger partial charge in [0.05, 0.1) is 11.9 Å². The summed E-state index contributed by atoms with van der Waals surface area (Å²) in [5, 5.41) is 2.37. The molecule has 0 bridgehead atoms. The fraction of sp³-hybridized carbons (Fsp3) is 0.100. The first kappa shape index (κ1) is 22.5. The van der Waals surface area contributed by atoms with Crippen LogP contribution >= 0.6 is 0 Å². The molecule has 8 nitrogen and oxygen atoms in total. The minimum Gasteiger partial charge on any atom is -0.382 e. The van der Waals surface area contributed by atoms with Crippen LogP contribution in [0.5, 0.6) is 0 Å². The number of aromatic nitrogens is 2. The molecule has 1 aromatic heterocycles. The first-order chi connectivity index (χ1) is 15.1. The summed E-state index contributed by atoms with van der Waals surface area (Å²) in [5.74, 6) is -8.07. The van der Waals surface area contributed by atoms with Crippen molar-refractivity contribution in [3.63, 3.8) is 0 Å². The SMILES string of the molecule is CNC(=O)c1nc(-c2cccc(C(=O)NNc3c(F)c(F)c(C)c(F)c3F)c2)cnc1N. The Labute approximate surface area is 178 Å². The number of carbonyl (C=O) groups excluding carboxylic acids is 2. The third-order valence-electron chi connectivity index (χ3n) is 4.45. The number of nitrogens with zero attached hydrogens (tertiary/aromatic N) is 2. The van der Waals surface area contributed by atoms with Gasteiger partial charge in [-0.05, 0) is 19.1 Å². The molecule has 0 saturated heterocycles. The Kier molecular flexibility index (Phi) is 6.23. The topological polar surface area (TPSA) is 122 Å². The zero-order valence-corrected chi connectivity index (χ0v) is 16.7. The first-order valence-corrected chi connectivity index (χ1v) is 8.99. The zero-order chi connectivity index (χ0) is 23.6. The highest BCUT2D eigenvalue weighted by Crippen LogP contribution is 2.27. The Bertz CT molecular complexity index is 1210. The maximum Gasteiger partial charge on any atom is 0.273 e. The molecule has 32 heavy (non-hydrogen) atoms. The number of nitrogens with one attached hydrogen (secondary N) is 3. The average molecular weight is 448 g/mol. The van der Waals surface area contributed by atoms with Gasteiger partial charge < -0.3 is 11.1 Å². The van der Waals surface area contributed by atoms with Gasteiger partial charge in [-0.25, -0.2) is 27.5 Å². The van der Waals surface area contributed by atoms with Crippen LogP contribution in [0.3, 0.4) is 0 Å². The lowest BCUT2D eigenvalue weighted by atomic mass is 10.1. The van der Waals surface area contributed by atoms with Gasteiger partial charge in [-0.2, -0.15) is 0 Å². The van der Waals surface area contributed by atoms with Crippen molar-refractivity contribution in [3.8, 4) is 11.3 Å². The second-order valence-electron chi connectivity index (χ2n) is 6.48. The predicted octanol–water partition coefficient (Wildman–Crippen LogP) is 2.71. The number of hydrogen-bond acceptors (Lipinski definition) is 6. The van der Waals surface area contributed by atoms with Crippen LogP contribution in [0, 0.1) is 30.2 Å². The lowest BCUT2D eigenvalue weighted by Crippen LogP contribution is -2.31. The van der Waals surface area contributed by atoms with Gasteiger partial charge in [-0.15, -0.1) is 0 Å². The monoisotopic (exact) mass is 448 g/mol. The van der Waals surface area contributed by atoms with Gasteiger partial charge in [0.1, 0.15) is 5.69 Å². The maximum atomic E-state index is 14.0. The molecule has 3 aromatic rings. The molecule has 5 N–H and O–H groups in total. The van der Waals surface area contributed by atoms with E-state index in [0.29, 0.717) is 5.56 Å². The Morgan fingerprint density at radius 3 is 2.28 bits per heavy atom. The van der Waals surface area contributed by atoms with Crippen molar-refractivity contribution in [2.45, 2.75) is 6.92 Å². The number of rotatable bonds is 5. The molecule has 0 spiro atoms. The van der Waals surface area contributed by atoms with E-state index in [2.05, 4.69) is 15.3 Å². The number of benzene rings is 2. The molecular weight excluding hydrogens is 432 g/mol. The normalized spacial score (nSPS) is 10.6. The molecule has 2 aromatic carbocycles. The van der Waals surface area contributed by atoms with E-state index in [1.54, 1.807) is 6.07 Å². The summed E-state index contributed by atoms with van der Waals surface area (Å²) >= 11 is 0. The van der Waals surface area contributed by atoms with Crippen LogP contribution in [0.2, 0.25) is 0 Å². The van der Waals surface area contributed by atoms with Gasteiger partial charge in [0.15, 0.2) is 34.8 Å². The van der Waals surface area contributed by atoms with E-state index in [1.807, 2.05) is 10.9 Å². The molecule has 166 valence electrons. The zero-order valence-electron chi connectivity index (χ0n) is 16.7. The number of nitrogens with two attached hydrogens (primary N) is 1. The highest BCUT2D eigenvalue weighted by Gasteiger charge is 2.23. The number of anilines is 2. The van der Waals surface area contributed by atoms with Crippen LogP contribution in [0.4, 0.5) is 29.1 Å². The van der Waals surface area contributed by atoms with Crippen molar-refractivity contribution in [2.24, 2.45) is 0 Å². The molecule has 3 rings (SSSR count). The van der Waals surface area contributed by atoms with Crippen molar-refractivity contribution >= 4 is 23.3 Å². The number of hydrazine groups is 1. The van der Waals surface area contributed by atoms with Crippen molar-refractivity contribution in [1.29, 1.82) is 0 Å². The number of hydrogen-bond donors (Lipinski definition) is 4. The number of carbonyl (C=O) groups is 2. The van der Waals surface area contributed by atoms with E-state index < -0.39 is 46.3 Å². The third kappa shape index (κ3) is 4.15. The van der Waals surface area contributed by atoms with Crippen LogP contribution in [-0.4, -0.2) is 28.8 Å². The molecule has 0 saturated carbocycles. The molecule has 0 fully saturated rings. The van der Waals surface area contributed by atoms with Crippen molar-refractivity contribution < 1.29 is 27.2 Å². The molecule has 12 heteroatoms. The van der Waals surface area contributed by atoms with Crippen molar-refractivity contribution in [2.75, 3.05) is 18.2 Å². The minimum atomic E-state index is -1.69. The number of halogens is 4. The fourth-order valence-corrected chi connectivity index (χ4v) is 2.69. The third-order valence-corrected chi connectivity index (χ3v) is 4.45. The summed E-state index contributed by atoms with van der Waals surface area (Å²) in [6.45, 7) is 0.875. The number of amides is 2. The summed E-state index contributed by atoms with van der Waals surface area (Å²) in [6, 6.07) is 5.78. The van der Waals surface area contributed by atoms with Crippen LogP contribution in [0.25, 0.3) is 11.3 Å². The molecular formula is C20H16F4N6O2. The molecule has 0 radical (unpaired) electrons. The molecule has 0 aliphatic heterocycles. The van der Waals surface area contributed by atoms with E-state index >= 15 is 0 Å². The second-order valence-corrected chi connectivity index (χ2v) is 6.48. The van der Waals surface area contributed by atoms with Gasteiger partial charge in [0.25, 0.3) is 11.8 Å². The first-order valence-electron chi connectivity index (χ1n) is 8.99. The lowest BCUT2D eigenvalue weighted by Gasteiger charge is -2.13. The van der Waals surface area contributed by atoms with E-state index in [9.17, 15) is 27.2 Å². The van der Waals surface area contributed by atoms with E-state index in [-0.39, 0.29) is 22.8 Å². The van der Waals surface area contributed by atoms with Crippen LogP contribution in [0.15, 0.2) is 30.5 Å². The summed E-state index contributed by atoms with van der Waals surface area (Å²) in [5.41, 5.74) is 7.96. The summed E-state index contributed by atoms with van der Waals surface area (Å²) in [7, 11) is 1.39. The van der Waals surface area contributed by atoms with Crippen LogP contribution in [-0.2, 0) is 0 Å². The van der Waals surface area contributed by atoms with Gasteiger partial charge >= 0.3 is 0 Å². The van der Waals surface area contributed by atoms with Crippen molar-refractivity contribution in [3.05, 3.63) is 70.6 Å². The van der Waals surface area contributed by atoms with E-state index in [0.717, 1.165) is 6.92 Å². The van der Waals surface area contributed by atoms with Crippen molar-refractivity contribution in [1.82, 2.24) is 20.7 Å². The molecule has 0 unspecified atom stereocenters. The average Bonchev–Trinajstić information content (AvgIpc) is 2.81.